The zero-order valence-electron chi connectivity index (χ0n) is 8.10. The number of aliphatic hydroxyl groups is 1. The first-order chi connectivity index (χ1) is 5.77. The van der Waals surface area contributed by atoms with Crippen LogP contribution in [0, 0.1) is 0 Å². The molecule has 0 aliphatic heterocycles. The van der Waals surface area contributed by atoms with Gasteiger partial charge in [-0.2, -0.15) is 0 Å². The molecule has 0 saturated heterocycles. The van der Waals surface area contributed by atoms with E-state index in [0.29, 0.717) is 0 Å². The number of rotatable bonds is 6. The van der Waals surface area contributed by atoms with Crippen LogP contribution in [-0.2, 0) is 0 Å². The lowest BCUT2D eigenvalue weighted by Crippen LogP contribution is -2.46. The SMILES string of the molecule is CCCCCNCC1(O)CCC1. The minimum atomic E-state index is -0.341. The maximum Gasteiger partial charge on any atom is 0.0771 e. The van der Waals surface area contributed by atoms with Gasteiger partial charge >= 0.3 is 0 Å². The molecular weight excluding hydrogens is 150 g/mol. The van der Waals surface area contributed by atoms with E-state index in [-0.39, 0.29) is 5.60 Å². The molecule has 72 valence electrons. The van der Waals surface area contributed by atoms with Gasteiger partial charge in [0, 0.05) is 6.54 Å². The summed E-state index contributed by atoms with van der Waals surface area (Å²) in [4.78, 5) is 0. The van der Waals surface area contributed by atoms with Gasteiger partial charge in [0.15, 0.2) is 0 Å². The van der Waals surface area contributed by atoms with Crippen molar-refractivity contribution in [1.29, 1.82) is 0 Å². The molecule has 0 heterocycles. The molecule has 2 nitrogen and oxygen atoms in total. The highest BCUT2D eigenvalue weighted by molar-refractivity contribution is 4.89. The Morgan fingerprint density at radius 1 is 1.33 bits per heavy atom. The van der Waals surface area contributed by atoms with Crippen LogP contribution < -0.4 is 5.32 Å². The molecule has 1 fully saturated rings. The van der Waals surface area contributed by atoms with Crippen molar-refractivity contribution in [3.05, 3.63) is 0 Å². The molecule has 1 aliphatic carbocycles. The van der Waals surface area contributed by atoms with Crippen molar-refractivity contribution in [2.45, 2.75) is 51.0 Å². The molecule has 2 N–H and O–H groups in total. The summed E-state index contributed by atoms with van der Waals surface area (Å²) in [6.45, 7) is 4.08. The maximum absolute atomic E-state index is 9.70. The lowest BCUT2D eigenvalue weighted by atomic mass is 9.80. The van der Waals surface area contributed by atoms with Crippen LogP contribution >= 0.6 is 0 Å². The van der Waals surface area contributed by atoms with Gasteiger partial charge in [-0.15, -0.1) is 0 Å². The van der Waals surface area contributed by atoms with Gasteiger partial charge in [0.05, 0.1) is 5.60 Å². The second-order valence-corrected chi connectivity index (χ2v) is 3.96. The van der Waals surface area contributed by atoms with Crippen LogP contribution in [0.15, 0.2) is 0 Å². The summed E-state index contributed by atoms with van der Waals surface area (Å²) >= 11 is 0. The van der Waals surface area contributed by atoms with E-state index in [1.807, 2.05) is 0 Å². The molecule has 0 atom stereocenters. The highest BCUT2D eigenvalue weighted by Gasteiger charge is 2.33. The van der Waals surface area contributed by atoms with Crippen LogP contribution in [0.2, 0.25) is 0 Å². The molecule has 0 unspecified atom stereocenters. The van der Waals surface area contributed by atoms with Crippen LogP contribution in [0.3, 0.4) is 0 Å². The Bertz CT molecular complexity index is 121. The quantitative estimate of drug-likeness (QED) is 0.596. The van der Waals surface area contributed by atoms with E-state index in [1.165, 1.54) is 25.7 Å². The topological polar surface area (TPSA) is 32.3 Å². The summed E-state index contributed by atoms with van der Waals surface area (Å²) in [5.41, 5.74) is -0.341. The molecule has 2 heteroatoms. The zero-order valence-corrected chi connectivity index (χ0v) is 8.10. The summed E-state index contributed by atoms with van der Waals surface area (Å²) in [5.74, 6) is 0. The molecule has 0 aromatic carbocycles. The van der Waals surface area contributed by atoms with Crippen molar-refractivity contribution >= 4 is 0 Å². The summed E-state index contributed by atoms with van der Waals surface area (Å²) in [7, 11) is 0. The first kappa shape index (κ1) is 10.0. The Labute approximate surface area is 75.4 Å². The van der Waals surface area contributed by atoms with Gasteiger partial charge in [-0.25, -0.2) is 0 Å². The summed E-state index contributed by atoms with van der Waals surface area (Å²) in [6, 6.07) is 0. The van der Waals surface area contributed by atoms with Gasteiger partial charge in [-0.05, 0) is 32.2 Å². The van der Waals surface area contributed by atoms with Gasteiger partial charge in [0.1, 0.15) is 0 Å². The lowest BCUT2D eigenvalue weighted by molar-refractivity contribution is -0.0311. The highest BCUT2D eigenvalue weighted by atomic mass is 16.3. The van der Waals surface area contributed by atoms with Crippen molar-refractivity contribution in [3.63, 3.8) is 0 Å². The van der Waals surface area contributed by atoms with Crippen molar-refractivity contribution in [1.82, 2.24) is 5.32 Å². The van der Waals surface area contributed by atoms with Crippen LogP contribution in [0.1, 0.15) is 45.4 Å². The van der Waals surface area contributed by atoms with Crippen LogP contribution in [0.25, 0.3) is 0 Å². The van der Waals surface area contributed by atoms with Crippen LogP contribution in [0.4, 0.5) is 0 Å². The molecule has 1 rings (SSSR count). The first-order valence-corrected chi connectivity index (χ1v) is 5.20. The normalized spacial score (nSPS) is 20.5. The molecule has 0 spiro atoms. The Morgan fingerprint density at radius 3 is 2.58 bits per heavy atom. The fourth-order valence-electron chi connectivity index (χ4n) is 1.58. The molecule has 0 aromatic rings. The van der Waals surface area contributed by atoms with Gasteiger partial charge in [0.25, 0.3) is 0 Å². The minimum Gasteiger partial charge on any atom is -0.389 e. The standard InChI is InChI=1S/C10H21NO/c1-2-3-4-8-11-9-10(12)6-5-7-10/h11-12H,2-9H2,1H3. The fourth-order valence-corrected chi connectivity index (χ4v) is 1.58. The van der Waals surface area contributed by atoms with E-state index >= 15 is 0 Å². The Balaban J connectivity index is 1.88. The van der Waals surface area contributed by atoms with Gasteiger partial charge < -0.3 is 10.4 Å². The molecule has 1 aliphatic rings. The largest absolute Gasteiger partial charge is 0.389 e. The van der Waals surface area contributed by atoms with E-state index in [0.717, 1.165) is 25.9 Å². The van der Waals surface area contributed by atoms with Crippen LogP contribution in [-0.4, -0.2) is 23.8 Å². The predicted octanol–water partition coefficient (Wildman–Crippen LogP) is 1.68. The number of hydrogen-bond acceptors (Lipinski definition) is 2. The molecule has 12 heavy (non-hydrogen) atoms. The monoisotopic (exact) mass is 171 g/mol. The minimum absolute atomic E-state index is 0.341. The average Bonchev–Trinajstić information content (AvgIpc) is 2.01. The Morgan fingerprint density at radius 2 is 2.08 bits per heavy atom. The third-order valence-corrected chi connectivity index (χ3v) is 2.70. The number of unbranched alkanes of at least 4 members (excludes halogenated alkanes) is 2. The van der Waals surface area contributed by atoms with Crippen molar-refractivity contribution in [2.24, 2.45) is 0 Å². The van der Waals surface area contributed by atoms with Crippen molar-refractivity contribution in [2.75, 3.05) is 13.1 Å². The van der Waals surface area contributed by atoms with E-state index in [1.54, 1.807) is 0 Å². The Kier molecular flexibility index (Phi) is 4.02. The van der Waals surface area contributed by atoms with E-state index in [2.05, 4.69) is 12.2 Å². The number of hydrogen-bond donors (Lipinski definition) is 2. The van der Waals surface area contributed by atoms with Gasteiger partial charge in [-0.3, -0.25) is 0 Å². The molecule has 0 amide bonds. The lowest BCUT2D eigenvalue weighted by Gasteiger charge is -2.36. The molecule has 1 saturated carbocycles. The predicted molar refractivity (Wildman–Crippen MR) is 51.2 cm³/mol. The average molecular weight is 171 g/mol. The third-order valence-electron chi connectivity index (χ3n) is 2.70. The molecule has 0 radical (unpaired) electrons. The third kappa shape index (κ3) is 3.11. The van der Waals surface area contributed by atoms with E-state index in [9.17, 15) is 5.11 Å². The smallest absolute Gasteiger partial charge is 0.0771 e. The summed E-state index contributed by atoms with van der Waals surface area (Å²) in [5, 5.41) is 13.0. The first-order valence-electron chi connectivity index (χ1n) is 5.20. The molecule has 0 bridgehead atoms. The van der Waals surface area contributed by atoms with Gasteiger partial charge in [-0.1, -0.05) is 19.8 Å². The molecule has 0 aromatic heterocycles. The zero-order chi connectivity index (χ0) is 8.86. The second kappa shape index (κ2) is 4.83. The number of nitrogens with one attached hydrogen (secondary N) is 1. The molecular formula is C10H21NO. The Hall–Kier alpha value is -0.0800. The van der Waals surface area contributed by atoms with Crippen molar-refractivity contribution in [3.8, 4) is 0 Å². The maximum atomic E-state index is 9.70. The highest BCUT2D eigenvalue weighted by Crippen LogP contribution is 2.30. The van der Waals surface area contributed by atoms with E-state index in [4.69, 9.17) is 0 Å². The fraction of sp³-hybridized carbons (Fsp3) is 1.00. The summed E-state index contributed by atoms with van der Waals surface area (Å²) < 4.78 is 0. The van der Waals surface area contributed by atoms with Crippen LogP contribution in [0.5, 0.6) is 0 Å². The van der Waals surface area contributed by atoms with Crippen molar-refractivity contribution < 1.29 is 5.11 Å². The second-order valence-electron chi connectivity index (χ2n) is 3.96. The van der Waals surface area contributed by atoms with Gasteiger partial charge in [0.2, 0.25) is 0 Å². The van der Waals surface area contributed by atoms with E-state index < -0.39 is 0 Å². The summed E-state index contributed by atoms with van der Waals surface area (Å²) in [6.07, 6.45) is 7.00.